The van der Waals surface area contributed by atoms with Crippen molar-refractivity contribution in [2.45, 2.75) is 19.4 Å². The fourth-order valence-electron chi connectivity index (χ4n) is 1.20. The van der Waals surface area contributed by atoms with E-state index < -0.39 is 0 Å². The minimum Gasteiger partial charge on any atom is -0.484 e. The number of carbonyl (C=O) groups is 1. The quantitative estimate of drug-likeness (QED) is 0.779. The first-order chi connectivity index (χ1) is 8.36. The van der Waals surface area contributed by atoms with Crippen LogP contribution in [-0.4, -0.2) is 35.9 Å². The molecule has 18 heavy (non-hydrogen) atoms. The lowest BCUT2D eigenvalue weighted by Crippen LogP contribution is -2.48. The lowest BCUT2D eigenvalue weighted by atomic mass is 10.1. The molecule has 1 amide bonds. The standard InChI is InChI=1S/C13H17Cl2NO2/c1-13(2,9-14)16(3)12(17)8-18-11-6-4-10(15)5-7-11/h4-7H,8-9H2,1-3H3. The van der Waals surface area contributed by atoms with E-state index in [9.17, 15) is 4.79 Å². The van der Waals surface area contributed by atoms with Gasteiger partial charge in [-0.3, -0.25) is 4.79 Å². The van der Waals surface area contributed by atoms with E-state index in [0.717, 1.165) is 0 Å². The molecule has 0 saturated heterocycles. The van der Waals surface area contributed by atoms with Crippen molar-refractivity contribution in [2.75, 3.05) is 19.5 Å². The number of nitrogens with zero attached hydrogens (tertiary/aromatic N) is 1. The summed E-state index contributed by atoms with van der Waals surface area (Å²) < 4.78 is 5.39. The van der Waals surface area contributed by atoms with E-state index in [1.165, 1.54) is 0 Å². The third kappa shape index (κ3) is 4.07. The highest BCUT2D eigenvalue weighted by Gasteiger charge is 2.26. The Hall–Kier alpha value is -0.930. The molecular formula is C13H17Cl2NO2. The average Bonchev–Trinajstić information content (AvgIpc) is 2.36. The topological polar surface area (TPSA) is 29.5 Å². The van der Waals surface area contributed by atoms with Gasteiger partial charge in [-0.15, -0.1) is 11.6 Å². The first-order valence-electron chi connectivity index (χ1n) is 5.58. The molecule has 0 aromatic heterocycles. The van der Waals surface area contributed by atoms with Gasteiger partial charge in [0, 0.05) is 18.0 Å². The van der Waals surface area contributed by atoms with Gasteiger partial charge in [0.15, 0.2) is 6.61 Å². The summed E-state index contributed by atoms with van der Waals surface area (Å²) in [6.45, 7) is 3.79. The number of alkyl halides is 1. The van der Waals surface area contributed by atoms with Gasteiger partial charge in [-0.2, -0.15) is 0 Å². The van der Waals surface area contributed by atoms with Crippen LogP contribution in [0.2, 0.25) is 5.02 Å². The van der Waals surface area contributed by atoms with Gasteiger partial charge in [0.1, 0.15) is 5.75 Å². The molecule has 0 aliphatic carbocycles. The molecule has 1 rings (SSSR count). The van der Waals surface area contributed by atoms with Crippen molar-refractivity contribution in [1.29, 1.82) is 0 Å². The molecule has 0 unspecified atom stereocenters. The van der Waals surface area contributed by atoms with Crippen molar-refractivity contribution in [3.05, 3.63) is 29.3 Å². The van der Waals surface area contributed by atoms with Gasteiger partial charge >= 0.3 is 0 Å². The summed E-state index contributed by atoms with van der Waals surface area (Å²) in [5, 5.41) is 0.633. The monoisotopic (exact) mass is 289 g/mol. The Kier molecular flexibility index (Phi) is 5.29. The van der Waals surface area contributed by atoms with Crippen molar-refractivity contribution in [2.24, 2.45) is 0 Å². The smallest absolute Gasteiger partial charge is 0.260 e. The van der Waals surface area contributed by atoms with Crippen LogP contribution in [0.5, 0.6) is 5.75 Å². The van der Waals surface area contributed by atoms with Gasteiger partial charge in [0.2, 0.25) is 0 Å². The average molecular weight is 290 g/mol. The van der Waals surface area contributed by atoms with Crippen LogP contribution in [0.4, 0.5) is 0 Å². The predicted octanol–water partition coefficient (Wildman–Crippen LogP) is 3.19. The van der Waals surface area contributed by atoms with Gasteiger partial charge < -0.3 is 9.64 Å². The number of halogens is 2. The highest BCUT2D eigenvalue weighted by molar-refractivity contribution is 6.30. The summed E-state index contributed by atoms with van der Waals surface area (Å²) in [7, 11) is 1.72. The van der Waals surface area contributed by atoms with Crippen LogP contribution in [0.3, 0.4) is 0 Å². The van der Waals surface area contributed by atoms with E-state index in [2.05, 4.69) is 0 Å². The highest BCUT2D eigenvalue weighted by Crippen LogP contribution is 2.17. The summed E-state index contributed by atoms with van der Waals surface area (Å²) in [6, 6.07) is 6.88. The zero-order chi connectivity index (χ0) is 13.8. The Balaban J connectivity index is 2.53. The molecule has 0 bridgehead atoms. The normalized spacial score (nSPS) is 11.2. The second-order valence-electron chi connectivity index (χ2n) is 4.64. The summed E-state index contributed by atoms with van der Waals surface area (Å²) in [6.07, 6.45) is 0. The molecule has 0 N–H and O–H groups in total. The first-order valence-corrected chi connectivity index (χ1v) is 6.49. The molecule has 0 atom stereocenters. The molecule has 0 heterocycles. The highest BCUT2D eigenvalue weighted by atomic mass is 35.5. The molecule has 0 aliphatic rings. The first kappa shape index (κ1) is 15.1. The number of ether oxygens (including phenoxy) is 1. The van der Waals surface area contributed by atoms with Crippen molar-refractivity contribution in [3.63, 3.8) is 0 Å². The van der Waals surface area contributed by atoms with Gasteiger partial charge in [-0.25, -0.2) is 0 Å². The number of rotatable bonds is 5. The molecular weight excluding hydrogens is 273 g/mol. The summed E-state index contributed by atoms with van der Waals surface area (Å²) >= 11 is 11.6. The Morgan fingerprint density at radius 2 is 1.89 bits per heavy atom. The third-order valence-electron chi connectivity index (χ3n) is 2.79. The Morgan fingerprint density at radius 1 is 1.33 bits per heavy atom. The van der Waals surface area contributed by atoms with E-state index >= 15 is 0 Å². The molecule has 1 aromatic carbocycles. The molecule has 0 radical (unpaired) electrons. The number of hydrogen-bond acceptors (Lipinski definition) is 2. The van der Waals surface area contributed by atoms with Crippen LogP contribution in [0.15, 0.2) is 24.3 Å². The van der Waals surface area contributed by atoms with Crippen molar-refractivity contribution >= 4 is 29.1 Å². The molecule has 100 valence electrons. The van der Waals surface area contributed by atoms with Crippen LogP contribution in [-0.2, 0) is 4.79 Å². The van der Waals surface area contributed by atoms with Crippen LogP contribution in [0.25, 0.3) is 0 Å². The summed E-state index contributed by atoms with van der Waals surface area (Å²) in [4.78, 5) is 13.5. The van der Waals surface area contributed by atoms with Gasteiger partial charge in [0.05, 0.1) is 5.54 Å². The molecule has 0 spiro atoms. The van der Waals surface area contributed by atoms with Crippen molar-refractivity contribution < 1.29 is 9.53 Å². The molecule has 1 aromatic rings. The van der Waals surface area contributed by atoms with Crippen LogP contribution in [0, 0.1) is 0 Å². The van der Waals surface area contributed by atoms with Crippen molar-refractivity contribution in [1.82, 2.24) is 4.90 Å². The van der Waals surface area contributed by atoms with E-state index in [4.69, 9.17) is 27.9 Å². The second kappa shape index (κ2) is 6.30. The molecule has 3 nitrogen and oxygen atoms in total. The van der Waals surface area contributed by atoms with Gasteiger partial charge in [0.25, 0.3) is 5.91 Å². The van der Waals surface area contributed by atoms with Gasteiger partial charge in [-0.05, 0) is 38.1 Å². The Morgan fingerprint density at radius 3 is 2.39 bits per heavy atom. The Labute approximate surface area is 118 Å². The van der Waals surface area contributed by atoms with E-state index in [0.29, 0.717) is 16.7 Å². The predicted molar refractivity (Wildman–Crippen MR) is 74.5 cm³/mol. The maximum atomic E-state index is 11.9. The Bertz CT molecular complexity index is 404. The van der Waals surface area contributed by atoms with Crippen LogP contribution >= 0.6 is 23.2 Å². The van der Waals surface area contributed by atoms with Crippen molar-refractivity contribution in [3.8, 4) is 5.75 Å². The zero-order valence-corrected chi connectivity index (χ0v) is 12.3. The summed E-state index contributed by atoms with van der Waals surface area (Å²) in [5.74, 6) is 0.872. The minimum atomic E-state index is -0.387. The lowest BCUT2D eigenvalue weighted by molar-refractivity contribution is -0.136. The van der Waals surface area contributed by atoms with Crippen LogP contribution < -0.4 is 4.74 Å². The van der Waals surface area contributed by atoms with Crippen LogP contribution in [0.1, 0.15) is 13.8 Å². The maximum Gasteiger partial charge on any atom is 0.260 e. The van der Waals surface area contributed by atoms with Gasteiger partial charge in [-0.1, -0.05) is 11.6 Å². The molecule has 0 fully saturated rings. The number of amides is 1. The fraction of sp³-hybridized carbons (Fsp3) is 0.462. The number of benzene rings is 1. The minimum absolute atomic E-state index is 0.0154. The molecule has 0 saturated carbocycles. The SMILES string of the molecule is CN(C(=O)COc1ccc(Cl)cc1)C(C)(C)CCl. The number of hydrogen-bond donors (Lipinski definition) is 0. The summed E-state index contributed by atoms with van der Waals surface area (Å²) in [5.41, 5.74) is -0.387. The third-order valence-corrected chi connectivity index (χ3v) is 3.69. The molecule has 0 aliphatic heterocycles. The number of carbonyl (C=O) groups excluding carboxylic acids is 1. The van der Waals surface area contributed by atoms with E-state index in [1.54, 1.807) is 36.2 Å². The second-order valence-corrected chi connectivity index (χ2v) is 5.35. The maximum absolute atomic E-state index is 11.9. The van der Waals surface area contributed by atoms with E-state index in [-0.39, 0.29) is 18.1 Å². The fourth-order valence-corrected chi connectivity index (χ4v) is 1.51. The zero-order valence-electron chi connectivity index (χ0n) is 10.7. The largest absolute Gasteiger partial charge is 0.484 e. The number of likely N-dealkylation sites (N-methyl/N-ethyl adjacent to an activating group) is 1. The lowest BCUT2D eigenvalue weighted by Gasteiger charge is -2.33. The van der Waals surface area contributed by atoms with E-state index in [1.807, 2.05) is 13.8 Å². The molecule has 5 heteroatoms.